The highest BCUT2D eigenvalue weighted by Gasteiger charge is 2.12. The number of fused-ring (bicyclic) bond motifs is 1. The number of benzene rings is 1. The molecule has 0 unspecified atom stereocenters. The van der Waals surface area contributed by atoms with E-state index in [1.54, 1.807) is 31.1 Å². The standard InChI is InChI=1S/C14H13N3O2S/c1-19-11-7-8(20-2)3-4-9(11)13-16-10-5-6-15-14(18)12(10)17-13/h3-7H,1-2H3,(H,15,18)(H,16,17). The van der Waals surface area contributed by atoms with Gasteiger partial charge in [0.25, 0.3) is 5.56 Å². The van der Waals surface area contributed by atoms with Crippen molar-refractivity contribution >= 4 is 22.8 Å². The third-order valence-electron chi connectivity index (χ3n) is 3.08. The van der Waals surface area contributed by atoms with Crippen LogP contribution in [0.5, 0.6) is 5.75 Å². The molecular formula is C14H13N3O2S. The van der Waals surface area contributed by atoms with Gasteiger partial charge in [-0.05, 0) is 30.5 Å². The summed E-state index contributed by atoms with van der Waals surface area (Å²) in [4.78, 5) is 22.9. The topological polar surface area (TPSA) is 70.8 Å². The first-order valence-corrected chi connectivity index (χ1v) is 7.25. The van der Waals surface area contributed by atoms with Gasteiger partial charge in [-0.25, -0.2) is 4.98 Å². The van der Waals surface area contributed by atoms with Crippen molar-refractivity contribution in [2.75, 3.05) is 13.4 Å². The Morgan fingerprint density at radius 2 is 2.15 bits per heavy atom. The molecule has 3 rings (SSSR count). The van der Waals surface area contributed by atoms with Crippen LogP contribution in [-0.2, 0) is 0 Å². The van der Waals surface area contributed by atoms with Crippen LogP contribution in [0.3, 0.4) is 0 Å². The van der Waals surface area contributed by atoms with E-state index < -0.39 is 0 Å². The second kappa shape index (κ2) is 5.05. The molecule has 0 atom stereocenters. The molecule has 0 bridgehead atoms. The molecule has 0 saturated heterocycles. The molecule has 102 valence electrons. The quantitative estimate of drug-likeness (QED) is 0.726. The zero-order valence-corrected chi connectivity index (χ0v) is 11.9. The maximum Gasteiger partial charge on any atom is 0.276 e. The molecule has 0 saturated carbocycles. The highest BCUT2D eigenvalue weighted by Crippen LogP contribution is 2.32. The third-order valence-corrected chi connectivity index (χ3v) is 3.80. The number of nitrogens with one attached hydrogen (secondary N) is 2. The maximum absolute atomic E-state index is 11.7. The van der Waals surface area contributed by atoms with Crippen molar-refractivity contribution in [3.8, 4) is 17.1 Å². The van der Waals surface area contributed by atoms with Crippen molar-refractivity contribution in [1.82, 2.24) is 15.0 Å². The first-order chi connectivity index (χ1) is 9.72. The minimum Gasteiger partial charge on any atom is -0.496 e. The molecule has 0 radical (unpaired) electrons. The van der Waals surface area contributed by atoms with E-state index in [0.717, 1.165) is 16.2 Å². The molecule has 2 heterocycles. The highest BCUT2D eigenvalue weighted by atomic mass is 32.2. The van der Waals surface area contributed by atoms with E-state index >= 15 is 0 Å². The van der Waals surface area contributed by atoms with E-state index in [-0.39, 0.29) is 5.56 Å². The van der Waals surface area contributed by atoms with Crippen molar-refractivity contribution in [3.63, 3.8) is 0 Å². The molecule has 0 amide bonds. The summed E-state index contributed by atoms with van der Waals surface area (Å²) in [6, 6.07) is 7.68. The number of pyridine rings is 1. The minimum absolute atomic E-state index is 0.204. The number of nitrogens with zero attached hydrogens (tertiary/aromatic N) is 1. The van der Waals surface area contributed by atoms with Crippen LogP contribution >= 0.6 is 11.8 Å². The van der Waals surface area contributed by atoms with Gasteiger partial charge in [0.05, 0.1) is 18.2 Å². The fourth-order valence-electron chi connectivity index (χ4n) is 2.07. The van der Waals surface area contributed by atoms with Gasteiger partial charge in [-0.3, -0.25) is 4.79 Å². The predicted molar refractivity (Wildman–Crippen MR) is 80.5 cm³/mol. The Morgan fingerprint density at radius 1 is 1.30 bits per heavy atom. The minimum atomic E-state index is -0.204. The van der Waals surface area contributed by atoms with E-state index in [9.17, 15) is 4.79 Å². The average Bonchev–Trinajstić information content (AvgIpc) is 2.92. The zero-order chi connectivity index (χ0) is 14.1. The molecule has 0 aliphatic rings. The Labute approximate surface area is 119 Å². The van der Waals surface area contributed by atoms with Crippen molar-refractivity contribution in [3.05, 3.63) is 40.8 Å². The fraction of sp³-hybridized carbons (Fsp3) is 0.143. The summed E-state index contributed by atoms with van der Waals surface area (Å²) in [6.45, 7) is 0. The molecule has 0 fully saturated rings. The van der Waals surface area contributed by atoms with Gasteiger partial charge in [-0.1, -0.05) is 0 Å². The molecule has 1 aromatic carbocycles. The Balaban J connectivity index is 2.20. The lowest BCUT2D eigenvalue weighted by molar-refractivity contribution is 0.415. The lowest BCUT2D eigenvalue weighted by atomic mass is 10.2. The van der Waals surface area contributed by atoms with Gasteiger partial charge < -0.3 is 14.7 Å². The Bertz CT molecular complexity index is 823. The van der Waals surface area contributed by atoms with Crippen LogP contribution in [0.25, 0.3) is 22.4 Å². The second-order valence-corrected chi connectivity index (χ2v) is 5.10. The highest BCUT2D eigenvalue weighted by molar-refractivity contribution is 7.98. The Morgan fingerprint density at radius 3 is 2.85 bits per heavy atom. The van der Waals surface area contributed by atoms with Crippen molar-refractivity contribution in [2.24, 2.45) is 0 Å². The molecule has 20 heavy (non-hydrogen) atoms. The SMILES string of the molecule is COc1cc(SC)ccc1-c1nc2c(=O)[nH]ccc2[nH]1. The number of thioether (sulfide) groups is 1. The summed E-state index contributed by atoms with van der Waals surface area (Å²) in [7, 11) is 1.62. The summed E-state index contributed by atoms with van der Waals surface area (Å²) in [5.74, 6) is 1.36. The van der Waals surface area contributed by atoms with E-state index in [1.165, 1.54) is 0 Å². The number of methoxy groups -OCH3 is 1. The molecular weight excluding hydrogens is 274 g/mol. The number of hydrogen-bond acceptors (Lipinski definition) is 4. The van der Waals surface area contributed by atoms with E-state index in [1.807, 2.05) is 24.5 Å². The van der Waals surface area contributed by atoms with Gasteiger partial charge >= 0.3 is 0 Å². The molecule has 2 N–H and O–H groups in total. The van der Waals surface area contributed by atoms with Crippen LogP contribution in [0, 0.1) is 0 Å². The summed E-state index contributed by atoms with van der Waals surface area (Å²) >= 11 is 1.64. The van der Waals surface area contributed by atoms with Crippen LogP contribution < -0.4 is 10.3 Å². The van der Waals surface area contributed by atoms with E-state index in [2.05, 4.69) is 15.0 Å². The molecule has 2 aromatic heterocycles. The van der Waals surface area contributed by atoms with E-state index in [4.69, 9.17) is 4.74 Å². The Hall–Kier alpha value is -2.21. The molecule has 5 nitrogen and oxygen atoms in total. The molecule has 0 spiro atoms. The van der Waals surface area contributed by atoms with Crippen molar-refractivity contribution < 1.29 is 4.74 Å². The molecule has 6 heteroatoms. The zero-order valence-electron chi connectivity index (χ0n) is 11.1. The third kappa shape index (κ3) is 2.08. The van der Waals surface area contributed by atoms with Gasteiger partial charge in [0.2, 0.25) is 0 Å². The maximum atomic E-state index is 11.7. The van der Waals surface area contributed by atoms with Crippen LogP contribution in [0.1, 0.15) is 0 Å². The number of aromatic nitrogens is 3. The number of rotatable bonds is 3. The summed E-state index contributed by atoms with van der Waals surface area (Å²) in [5.41, 5.74) is 1.74. The molecule has 3 aromatic rings. The van der Waals surface area contributed by atoms with Gasteiger partial charge in [0, 0.05) is 11.1 Å². The van der Waals surface area contributed by atoms with E-state index in [0.29, 0.717) is 16.9 Å². The van der Waals surface area contributed by atoms with Gasteiger partial charge in [0.15, 0.2) is 5.52 Å². The first kappa shape index (κ1) is 12.8. The lowest BCUT2D eigenvalue weighted by Gasteiger charge is -2.07. The molecule has 0 aliphatic carbocycles. The van der Waals surface area contributed by atoms with Crippen molar-refractivity contribution in [1.29, 1.82) is 0 Å². The van der Waals surface area contributed by atoms with Gasteiger partial charge in [-0.2, -0.15) is 0 Å². The lowest BCUT2D eigenvalue weighted by Crippen LogP contribution is -2.03. The molecule has 0 aliphatic heterocycles. The predicted octanol–water partition coefficient (Wildman–Crippen LogP) is 2.65. The number of ether oxygens (including phenoxy) is 1. The monoisotopic (exact) mass is 287 g/mol. The first-order valence-electron chi connectivity index (χ1n) is 6.02. The number of aromatic amines is 2. The summed E-state index contributed by atoms with van der Waals surface area (Å²) in [5, 5.41) is 0. The normalized spacial score (nSPS) is 10.9. The van der Waals surface area contributed by atoms with Crippen LogP contribution in [0.15, 0.2) is 40.2 Å². The number of H-pyrrole nitrogens is 2. The largest absolute Gasteiger partial charge is 0.496 e. The fourth-order valence-corrected chi connectivity index (χ4v) is 2.50. The number of hydrogen-bond donors (Lipinski definition) is 2. The van der Waals surface area contributed by atoms with Gasteiger partial charge in [0.1, 0.15) is 11.6 Å². The smallest absolute Gasteiger partial charge is 0.276 e. The van der Waals surface area contributed by atoms with Crippen LogP contribution in [0.2, 0.25) is 0 Å². The summed E-state index contributed by atoms with van der Waals surface area (Å²) < 4.78 is 5.41. The Kier molecular flexibility index (Phi) is 3.23. The van der Waals surface area contributed by atoms with Crippen LogP contribution in [-0.4, -0.2) is 28.3 Å². The van der Waals surface area contributed by atoms with Crippen LogP contribution in [0.4, 0.5) is 0 Å². The van der Waals surface area contributed by atoms with Crippen molar-refractivity contribution in [2.45, 2.75) is 4.90 Å². The second-order valence-electron chi connectivity index (χ2n) is 4.22. The number of imidazole rings is 1. The summed E-state index contributed by atoms with van der Waals surface area (Å²) in [6.07, 6.45) is 3.61. The van der Waals surface area contributed by atoms with Gasteiger partial charge in [-0.15, -0.1) is 11.8 Å². The average molecular weight is 287 g/mol.